The summed E-state index contributed by atoms with van der Waals surface area (Å²) in [5, 5.41) is 13.7. The maximum atomic E-state index is 12.3. The Morgan fingerprint density at radius 3 is 2.77 bits per heavy atom. The van der Waals surface area contributed by atoms with Crippen LogP contribution in [0, 0.1) is 0 Å². The number of carbonyl (C=O) groups is 2. The Balaban J connectivity index is 1.62. The highest BCUT2D eigenvalue weighted by Gasteiger charge is 2.17. The lowest BCUT2D eigenvalue weighted by Gasteiger charge is -2.11. The van der Waals surface area contributed by atoms with Gasteiger partial charge in [0.1, 0.15) is 5.82 Å². The van der Waals surface area contributed by atoms with Gasteiger partial charge in [0.15, 0.2) is 5.69 Å². The van der Waals surface area contributed by atoms with Crippen LogP contribution in [0.5, 0.6) is 0 Å². The van der Waals surface area contributed by atoms with Crippen LogP contribution in [0.1, 0.15) is 33.7 Å². The number of rotatable bonds is 6. The normalized spacial score (nSPS) is 16.1. The van der Waals surface area contributed by atoms with Gasteiger partial charge < -0.3 is 20.1 Å². The third kappa shape index (κ3) is 4.34. The predicted molar refractivity (Wildman–Crippen MR) is 95.2 cm³/mol. The van der Waals surface area contributed by atoms with Gasteiger partial charge in [-0.3, -0.25) is 4.79 Å². The van der Waals surface area contributed by atoms with E-state index in [2.05, 4.69) is 20.8 Å². The van der Waals surface area contributed by atoms with Gasteiger partial charge in [-0.15, -0.1) is 10.2 Å². The van der Waals surface area contributed by atoms with E-state index in [1.165, 1.54) is 7.11 Å². The monoisotopic (exact) mass is 356 g/mol. The third-order valence-electron chi connectivity index (χ3n) is 4.01. The van der Waals surface area contributed by atoms with Crippen LogP contribution in [0.4, 0.5) is 11.5 Å². The highest BCUT2D eigenvalue weighted by atomic mass is 16.5. The predicted octanol–water partition coefficient (Wildman–Crippen LogP) is 2.11. The van der Waals surface area contributed by atoms with Gasteiger partial charge in [0.05, 0.1) is 24.5 Å². The van der Waals surface area contributed by atoms with E-state index in [4.69, 9.17) is 9.47 Å². The fraction of sp³-hybridized carbons (Fsp3) is 0.333. The number of hydrogen-bond acceptors (Lipinski definition) is 7. The molecule has 8 heteroatoms. The molecule has 0 radical (unpaired) electrons. The zero-order chi connectivity index (χ0) is 18.4. The highest BCUT2D eigenvalue weighted by molar-refractivity contribution is 6.07. The summed E-state index contributed by atoms with van der Waals surface area (Å²) < 4.78 is 10.2. The largest absolute Gasteiger partial charge is 0.465 e. The molecule has 1 aromatic heterocycles. The van der Waals surface area contributed by atoms with Crippen molar-refractivity contribution in [3.05, 3.63) is 47.7 Å². The van der Waals surface area contributed by atoms with E-state index >= 15 is 0 Å². The number of carbonyl (C=O) groups excluding carboxylic acids is 2. The Morgan fingerprint density at radius 2 is 2.08 bits per heavy atom. The SMILES string of the molecule is COC(=O)c1ccccc1NC(=O)c1ccc(NCC2CCCO2)nn1. The number of anilines is 2. The molecule has 1 aliphatic heterocycles. The van der Waals surface area contributed by atoms with Crippen LogP contribution >= 0.6 is 0 Å². The lowest BCUT2D eigenvalue weighted by Crippen LogP contribution is -2.20. The molecule has 2 aromatic rings. The number of amides is 1. The van der Waals surface area contributed by atoms with Crippen LogP contribution in [0.15, 0.2) is 36.4 Å². The second-order valence-electron chi connectivity index (χ2n) is 5.81. The van der Waals surface area contributed by atoms with Crippen molar-refractivity contribution in [1.29, 1.82) is 0 Å². The van der Waals surface area contributed by atoms with E-state index in [9.17, 15) is 9.59 Å². The molecule has 136 valence electrons. The lowest BCUT2D eigenvalue weighted by atomic mass is 10.1. The molecule has 8 nitrogen and oxygen atoms in total. The van der Waals surface area contributed by atoms with Crippen molar-refractivity contribution in [2.24, 2.45) is 0 Å². The van der Waals surface area contributed by atoms with Crippen molar-refractivity contribution < 1.29 is 19.1 Å². The molecule has 2 heterocycles. The van der Waals surface area contributed by atoms with Gasteiger partial charge in [0.2, 0.25) is 0 Å². The van der Waals surface area contributed by atoms with Crippen LogP contribution in [0.25, 0.3) is 0 Å². The molecule has 0 aliphatic carbocycles. The van der Waals surface area contributed by atoms with Gasteiger partial charge in [-0.2, -0.15) is 0 Å². The van der Waals surface area contributed by atoms with Gasteiger partial charge >= 0.3 is 5.97 Å². The smallest absolute Gasteiger partial charge is 0.339 e. The standard InChI is InChI=1S/C18H20N4O4/c1-25-18(24)13-6-2-3-7-14(13)20-17(23)15-8-9-16(22-21-15)19-11-12-5-4-10-26-12/h2-3,6-9,12H,4-5,10-11H2,1H3,(H,19,22)(H,20,23). The molecule has 1 amide bonds. The Labute approximate surface area is 150 Å². The maximum Gasteiger partial charge on any atom is 0.339 e. The summed E-state index contributed by atoms with van der Waals surface area (Å²) in [6, 6.07) is 9.85. The molecule has 1 aliphatic rings. The topological polar surface area (TPSA) is 102 Å². The van der Waals surface area contributed by atoms with Crippen LogP contribution in [-0.4, -0.2) is 48.4 Å². The Kier molecular flexibility index (Phi) is 5.75. The molecular formula is C18H20N4O4. The van der Waals surface area contributed by atoms with Gasteiger partial charge in [-0.1, -0.05) is 12.1 Å². The van der Waals surface area contributed by atoms with Crippen molar-refractivity contribution in [2.75, 3.05) is 30.9 Å². The number of methoxy groups -OCH3 is 1. The molecule has 0 saturated carbocycles. The van der Waals surface area contributed by atoms with Crippen molar-refractivity contribution in [2.45, 2.75) is 18.9 Å². The molecule has 0 bridgehead atoms. The minimum Gasteiger partial charge on any atom is -0.465 e. The Hall–Kier alpha value is -3.00. The first-order chi connectivity index (χ1) is 12.7. The lowest BCUT2D eigenvalue weighted by molar-refractivity contribution is 0.0602. The zero-order valence-electron chi connectivity index (χ0n) is 14.4. The van der Waals surface area contributed by atoms with Gasteiger partial charge in [0, 0.05) is 13.2 Å². The summed E-state index contributed by atoms with van der Waals surface area (Å²) in [7, 11) is 1.29. The van der Waals surface area contributed by atoms with Gasteiger partial charge in [-0.25, -0.2) is 4.79 Å². The fourth-order valence-corrected chi connectivity index (χ4v) is 2.64. The highest BCUT2D eigenvalue weighted by Crippen LogP contribution is 2.17. The first-order valence-corrected chi connectivity index (χ1v) is 8.35. The quantitative estimate of drug-likeness (QED) is 0.764. The molecule has 1 aromatic carbocycles. The van der Waals surface area contributed by atoms with E-state index < -0.39 is 11.9 Å². The summed E-state index contributed by atoms with van der Waals surface area (Å²) in [4.78, 5) is 24.1. The number of nitrogens with zero attached hydrogens (tertiary/aromatic N) is 2. The molecule has 0 spiro atoms. The molecule has 1 saturated heterocycles. The number of ether oxygens (including phenoxy) is 2. The molecular weight excluding hydrogens is 336 g/mol. The zero-order valence-corrected chi connectivity index (χ0v) is 14.4. The van der Waals surface area contributed by atoms with E-state index in [0.717, 1.165) is 19.4 Å². The van der Waals surface area contributed by atoms with Crippen LogP contribution in [0.3, 0.4) is 0 Å². The van der Waals surface area contributed by atoms with E-state index in [1.54, 1.807) is 36.4 Å². The summed E-state index contributed by atoms with van der Waals surface area (Å²) in [6.07, 6.45) is 2.29. The number of para-hydroxylation sites is 1. The molecule has 3 rings (SSSR count). The fourth-order valence-electron chi connectivity index (χ4n) is 2.64. The molecule has 26 heavy (non-hydrogen) atoms. The van der Waals surface area contributed by atoms with E-state index in [1.807, 2.05) is 0 Å². The summed E-state index contributed by atoms with van der Waals surface area (Å²) in [5.41, 5.74) is 0.769. The van der Waals surface area contributed by atoms with E-state index in [0.29, 0.717) is 18.1 Å². The molecule has 1 fully saturated rings. The number of hydrogen-bond donors (Lipinski definition) is 2. The first kappa shape index (κ1) is 17.8. The maximum absolute atomic E-state index is 12.3. The minimum atomic E-state index is -0.527. The second kappa shape index (κ2) is 8.39. The molecule has 2 N–H and O–H groups in total. The third-order valence-corrected chi connectivity index (χ3v) is 4.01. The van der Waals surface area contributed by atoms with Gasteiger partial charge in [-0.05, 0) is 37.1 Å². The number of nitrogens with one attached hydrogen (secondary N) is 2. The first-order valence-electron chi connectivity index (χ1n) is 8.35. The van der Waals surface area contributed by atoms with Crippen LogP contribution < -0.4 is 10.6 Å². The summed E-state index contributed by atoms with van der Waals surface area (Å²) in [6.45, 7) is 1.46. The van der Waals surface area contributed by atoms with Crippen molar-refractivity contribution >= 4 is 23.4 Å². The van der Waals surface area contributed by atoms with Crippen molar-refractivity contribution in [3.63, 3.8) is 0 Å². The molecule has 1 atom stereocenters. The van der Waals surface area contributed by atoms with Crippen molar-refractivity contribution in [1.82, 2.24) is 10.2 Å². The number of benzene rings is 1. The summed E-state index contributed by atoms with van der Waals surface area (Å²) in [5.74, 6) is -0.410. The van der Waals surface area contributed by atoms with Crippen LogP contribution in [0.2, 0.25) is 0 Å². The molecule has 1 unspecified atom stereocenters. The van der Waals surface area contributed by atoms with Crippen LogP contribution in [-0.2, 0) is 9.47 Å². The number of aromatic nitrogens is 2. The average molecular weight is 356 g/mol. The van der Waals surface area contributed by atoms with Crippen molar-refractivity contribution in [3.8, 4) is 0 Å². The minimum absolute atomic E-state index is 0.146. The summed E-state index contributed by atoms with van der Waals surface area (Å²) >= 11 is 0. The Bertz CT molecular complexity index is 773. The Morgan fingerprint density at radius 1 is 1.23 bits per heavy atom. The van der Waals surface area contributed by atoms with Gasteiger partial charge in [0.25, 0.3) is 5.91 Å². The van der Waals surface area contributed by atoms with E-state index in [-0.39, 0.29) is 17.4 Å². The number of esters is 1. The average Bonchev–Trinajstić information content (AvgIpc) is 3.20. The second-order valence-corrected chi connectivity index (χ2v) is 5.81.